The highest BCUT2D eigenvalue weighted by atomic mass is 16.7. The summed E-state index contributed by atoms with van der Waals surface area (Å²) in [5.41, 5.74) is -3.01. The summed E-state index contributed by atoms with van der Waals surface area (Å²) in [4.78, 5) is 47.2. The van der Waals surface area contributed by atoms with Crippen LogP contribution in [-0.2, 0) is 20.7 Å². The number of carbonyl (C=O) groups is 3. The number of benzene rings is 2. The maximum atomic E-state index is 13.9. The molecule has 3 aliphatic rings. The Hall–Kier alpha value is -3.84. The first-order valence-electron chi connectivity index (χ1n) is 16.7. The molecule has 12 heteroatoms. The Morgan fingerprint density at radius 1 is 1.08 bits per heavy atom. The van der Waals surface area contributed by atoms with Gasteiger partial charge in [-0.15, -0.1) is 0 Å². The van der Waals surface area contributed by atoms with E-state index in [4.69, 9.17) is 19.2 Å². The van der Waals surface area contributed by atoms with Gasteiger partial charge in [-0.1, -0.05) is 38.8 Å². The summed E-state index contributed by atoms with van der Waals surface area (Å²) in [7, 11) is 1.35. The van der Waals surface area contributed by atoms with Crippen LogP contribution in [0.3, 0.4) is 0 Å². The van der Waals surface area contributed by atoms with E-state index < -0.39 is 82.6 Å². The third-order valence-electron chi connectivity index (χ3n) is 9.74. The molecule has 1 aliphatic heterocycles. The molecular formula is C36H46N2O10. The lowest BCUT2D eigenvalue weighted by Crippen LogP contribution is -2.49. The summed E-state index contributed by atoms with van der Waals surface area (Å²) in [6, 6.07) is 3.88. The summed E-state index contributed by atoms with van der Waals surface area (Å²) in [5.74, 6) is -3.13. The predicted octanol–water partition coefficient (Wildman–Crippen LogP) is 4.00. The number of phenolic OH excluding ortho intramolecular Hbond substituents is 2. The number of Topliss-reactive ketones (excluding diaryl/α,β-unsaturated/α-hetero) is 1. The molecule has 2 aliphatic carbocycles. The second kappa shape index (κ2) is 14.3. The molecule has 0 radical (unpaired) electrons. The van der Waals surface area contributed by atoms with Crippen molar-refractivity contribution >= 4 is 23.7 Å². The zero-order valence-corrected chi connectivity index (χ0v) is 28.2. The Balaban J connectivity index is 1.53. The van der Waals surface area contributed by atoms with E-state index in [1.54, 1.807) is 13.3 Å². The van der Waals surface area contributed by atoms with Gasteiger partial charge >= 0.3 is 0 Å². The fraction of sp³-hybridized carbons (Fsp3) is 0.556. The van der Waals surface area contributed by atoms with E-state index >= 15 is 0 Å². The lowest BCUT2D eigenvalue weighted by Gasteiger charge is -2.42. The molecular weight excluding hydrogens is 620 g/mol. The number of unbranched alkanes of at least 4 members (excludes halogenated alkanes) is 2. The topological polar surface area (TPSA) is 175 Å². The minimum atomic E-state index is -2.02. The Kier molecular flexibility index (Phi) is 10.6. The molecule has 4 N–H and O–H groups in total. The minimum absolute atomic E-state index is 0.00959. The summed E-state index contributed by atoms with van der Waals surface area (Å²) >= 11 is 0. The van der Waals surface area contributed by atoms with Gasteiger partial charge in [0.05, 0.1) is 48.4 Å². The number of nitrogens with zero attached hydrogens (tertiary/aromatic N) is 2. The highest BCUT2D eigenvalue weighted by Crippen LogP contribution is 2.52. The molecule has 0 bridgehead atoms. The van der Waals surface area contributed by atoms with Gasteiger partial charge in [0.15, 0.2) is 17.9 Å². The van der Waals surface area contributed by atoms with E-state index in [9.17, 15) is 34.8 Å². The molecule has 12 nitrogen and oxygen atoms in total. The number of fused-ring (bicyclic) bond motifs is 3. The number of aliphatic hydroxyl groups is 2. The molecule has 260 valence electrons. The molecule has 48 heavy (non-hydrogen) atoms. The van der Waals surface area contributed by atoms with Crippen LogP contribution in [-0.4, -0.2) is 99.4 Å². The number of hydrogen-bond acceptors (Lipinski definition) is 11. The van der Waals surface area contributed by atoms with Crippen molar-refractivity contribution in [1.82, 2.24) is 4.90 Å². The van der Waals surface area contributed by atoms with Gasteiger partial charge in [0.2, 0.25) is 5.78 Å². The largest absolute Gasteiger partial charge is 0.507 e. The van der Waals surface area contributed by atoms with Crippen molar-refractivity contribution < 1.29 is 49.0 Å². The fourth-order valence-electron chi connectivity index (χ4n) is 6.88. The Bertz CT molecular complexity index is 1600. The van der Waals surface area contributed by atoms with E-state index in [1.165, 1.54) is 32.2 Å². The molecule has 0 saturated carbocycles. The van der Waals surface area contributed by atoms with Gasteiger partial charge in [-0.3, -0.25) is 19.4 Å². The number of rotatable bonds is 12. The number of ketones is 3. The van der Waals surface area contributed by atoms with Gasteiger partial charge in [-0.2, -0.15) is 0 Å². The highest BCUT2D eigenvalue weighted by molar-refractivity contribution is 6.31. The van der Waals surface area contributed by atoms with Gasteiger partial charge in [-0.25, -0.2) is 0 Å². The van der Waals surface area contributed by atoms with Gasteiger partial charge in [0.25, 0.3) is 0 Å². The normalized spacial score (nSPS) is 26.6. The fourth-order valence-corrected chi connectivity index (χ4v) is 6.88. The Morgan fingerprint density at radius 2 is 1.75 bits per heavy atom. The summed E-state index contributed by atoms with van der Waals surface area (Å²) in [6.45, 7) is 8.80. The van der Waals surface area contributed by atoms with Crippen LogP contribution in [0.15, 0.2) is 23.2 Å². The number of phenols is 2. The number of aliphatic imine (C=N–C) groups is 1. The smallest absolute Gasteiger partial charge is 0.202 e. The molecule has 6 atom stereocenters. The molecule has 1 fully saturated rings. The van der Waals surface area contributed by atoms with Crippen molar-refractivity contribution in [3.63, 3.8) is 0 Å². The van der Waals surface area contributed by atoms with Gasteiger partial charge in [-0.05, 0) is 32.8 Å². The number of aliphatic hydroxyl groups excluding tert-OH is 1. The van der Waals surface area contributed by atoms with Crippen molar-refractivity contribution in [1.29, 1.82) is 0 Å². The first-order valence-corrected chi connectivity index (χ1v) is 16.7. The first kappa shape index (κ1) is 35.5. The maximum absolute atomic E-state index is 13.9. The van der Waals surface area contributed by atoms with E-state index in [2.05, 4.69) is 18.7 Å². The van der Waals surface area contributed by atoms with Crippen molar-refractivity contribution in [3.05, 3.63) is 51.6 Å². The molecule has 2 aromatic rings. The number of methoxy groups -OCH3 is 1. The molecule has 5 rings (SSSR count). The van der Waals surface area contributed by atoms with Crippen LogP contribution in [0.5, 0.6) is 17.2 Å². The SMILES string of the molecule is CCCCN(C=N[C@H]1CC(O[C@H]2CC(O)(C(C)=O)Cc3c(O)c4c(c(O)c32)C(=O)c2c(OC)cccc2C4=O)OC(C)C1O)CCCC. The van der Waals surface area contributed by atoms with Crippen molar-refractivity contribution in [2.24, 2.45) is 4.99 Å². The van der Waals surface area contributed by atoms with E-state index in [0.29, 0.717) is 0 Å². The lowest BCUT2D eigenvalue weighted by atomic mass is 9.72. The zero-order valence-electron chi connectivity index (χ0n) is 28.2. The molecule has 0 spiro atoms. The molecule has 1 saturated heterocycles. The molecule has 0 amide bonds. The third-order valence-corrected chi connectivity index (χ3v) is 9.74. The molecule has 4 unspecified atom stereocenters. The van der Waals surface area contributed by atoms with Crippen LogP contribution < -0.4 is 4.74 Å². The van der Waals surface area contributed by atoms with Crippen LogP contribution in [0.1, 0.15) is 115 Å². The highest BCUT2D eigenvalue weighted by Gasteiger charge is 2.49. The van der Waals surface area contributed by atoms with Crippen molar-refractivity contribution in [3.8, 4) is 17.2 Å². The minimum Gasteiger partial charge on any atom is -0.507 e. The average Bonchev–Trinajstić information content (AvgIpc) is 3.06. The zero-order chi connectivity index (χ0) is 34.9. The Labute approximate surface area is 280 Å². The van der Waals surface area contributed by atoms with E-state index in [0.717, 1.165) is 38.8 Å². The number of carbonyl (C=O) groups excluding carboxylic acids is 3. The first-order chi connectivity index (χ1) is 22.9. The van der Waals surface area contributed by atoms with E-state index in [-0.39, 0.29) is 40.8 Å². The van der Waals surface area contributed by atoms with Gasteiger partial charge in [0.1, 0.15) is 29.0 Å². The average molecular weight is 667 g/mol. The van der Waals surface area contributed by atoms with Crippen molar-refractivity contribution in [2.75, 3.05) is 20.2 Å². The lowest BCUT2D eigenvalue weighted by molar-refractivity contribution is -0.246. The van der Waals surface area contributed by atoms with Crippen LogP contribution in [0.2, 0.25) is 0 Å². The number of hydrogen-bond donors (Lipinski definition) is 4. The standard InChI is InChI=1S/C36H46N2O10/c1-6-8-13-38(14-9-7-2)18-37-23-15-26(47-19(3)31(23)40)48-25-17-36(45,20(4)39)16-22-28(25)35(44)30-29(33(22)42)32(41)21-11-10-12-24(46-5)27(21)34(30)43/h10-12,18-19,23,25-26,31,40,42,44-45H,6-9,13-17H2,1-5H3/t19?,23-,25-,26?,31?,36?/m0/s1. The predicted molar refractivity (Wildman–Crippen MR) is 176 cm³/mol. The maximum Gasteiger partial charge on any atom is 0.202 e. The summed E-state index contributed by atoms with van der Waals surface area (Å²) < 4.78 is 17.7. The van der Waals surface area contributed by atoms with Gasteiger partial charge in [0, 0.05) is 49.0 Å². The molecule has 1 heterocycles. The molecule has 2 aromatic carbocycles. The summed E-state index contributed by atoms with van der Waals surface area (Å²) in [5, 5.41) is 45.8. The third kappa shape index (κ3) is 6.46. The Morgan fingerprint density at radius 3 is 2.38 bits per heavy atom. The van der Waals surface area contributed by atoms with Crippen LogP contribution in [0, 0.1) is 0 Å². The second-order valence-corrected chi connectivity index (χ2v) is 13.0. The number of aromatic hydroxyl groups is 2. The second-order valence-electron chi connectivity index (χ2n) is 13.0. The van der Waals surface area contributed by atoms with E-state index in [1.807, 2.05) is 0 Å². The van der Waals surface area contributed by atoms with Crippen LogP contribution in [0.25, 0.3) is 0 Å². The number of ether oxygens (including phenoxy) is 3. The van der Waals surface area contributed by atoms with Crippen LogP contribution >= 0.6 is 0 Å². The van der Waals surface area contributed by atoms with Crippen LogP contribution in [0.4, 0.5) is 0 Å². The quantitative estimate of drug-likeness (QED) is 0.125. The van der Waals surface area contributed by atoms with Gasteiger partial charge < -0.3 is 39.5 Å². The molecule has 0 aromatic heterocycles. The summed E-state index contributed by atoms with van der Waals surface area (Å²) in [6.07, 6.45) is 1.31. The van der Waals surface area contributed by atoms with Crippen molar-refractivity contribution in [2.45, 2.75) is 109 Å². The monoisotopic (exact) mass is 666 g/mol.